The molecule has 0 saturated heterocycles. The fourth-order valence-electron chi connectivity index (χ4n) is 1.10. The zero-order chi connectivity index (χ0) is 12.5. The normalized spacial score (nSPS) is 13.1. The molecule has 2 rings (SSSR count). The average Bonchev–Trinajstić information content (AvgIpc) is 2.72. The van der Waals surface area contributed by atoms with Crippen LogP contribution >= 0.6 is 0 Å². The van der Waals surface area contributed by atoms with Gasteiger partial charge in [-0.3, -0.25) is 0 Å². The SMILES string of the molecule is F/C(=C\Oc1cccn2ncnc12)C(F)(F)F. The minimum absolute atomic E-state index is 0.00991. The fraction of sp³-hybridized carbons (Fsp3) is 0.111. The number of halogens is 4. The van der Waals surface area contributed by atoms with E-state index in [0.717, 1.165) is 0 Å². The number of aromatic nitrogens is 3. The summed E-state index contributed by atoms with van der Waals surface area (Å²) in [6, 6.07) is 2.83. The van der Waals surface area contributed by atoms with Gasteiger partial charge >= 0.3 is 6.18 Å². The van der Waals surface area contributed by atoms with Gasteiger partial charge in [0.05, 0.1) is 0 Å². The number of pyridine rings is 1. The van der Waals surface area contributed by atoms with Crippen molar-refractivity contribution in [2.24, 2.45) is 0 Å². The predicted molar refractivity (Wildman–Crippen MR) is 48.9 cm³/mol. The van der Waals surface area contributed by atoms with E-state index in [-0.39, 0.29) is 17.7 Å². The lowest BCUT2D eigenvalue weighted by atomic mass is 10.4. The third-order valence-corrected chi connectivity index (χ3v) is 1.83. The topological polar surface area (TPSA) is 39.4 Å². The van der Waals surface area contributed by atoms with Crippen LogP contribution in [-0.4, -0.2) is 20.8 Å². The van der Waals surface area contributed by atoms with E-state index in [2.05, 4.69) is 14.8 Å². The summed E-state index contributed by atoms with van der Waals surface area (Å²) in [5.74, 6) is -2.34. The van der Waals surface area contributed by atoms with E-state index in [0.29, 0.717) is 0 Å². The number of hydrogen-bond donors (Lipinski definition) is 0. The number of hydrogen-bond acceptors (Lipinski definition) is 3. The molecule has 8 heteroatoms. The lowest BCUT2D eigenvalue weighted by molar-refractivity contribution is -0.110. The molecular formula is C9H5F4N3O. The van der Waals surface area contributed by atoms with Gasteiger partial charge in [0.2, 0.25) is 5.83 Å². The molecule has 0 aliphatic carbocycles. The monoisotopic (exact) mass is 247 g/mol. The van der Waals surface area contributed by atoms with Crippen LogP contribution in [0.4, 0.5) is 17.6 Å². The zero-order valence-corrected chi connectivity index (χ0v) is 8.15. The summed E-state index contributed by atoms with van der Waals surface area (Å²) in [7, 11) is 0. The summed E-state index contributed by atoms with van der Waals surface area (Å²) in [5, 5.41) is 3.74. The summed E-state index contributed by atoms with van der Waals surface area (Å²) in [6.07, 6.45) is -2.34. The Hall–Kier alpha value is -2.12. The van der Waals surface area contributed by atoms with Gasteiger partial charge in [0, 0.05) is 6.20 Å². The third-order valence-electron chi connectivity index (χ3n) is 1.83. The minimum atomic E-state index is -5.06. The molecule has 2 aromatic heterocycles. The van der Waals surface area contributed by atoms with Gasteiger partial charge in [-0.05, 0) is 12.1 Å². The molecule has 0 saturated carbocycles. The summed E-state index contributed by atoms with van der Waals surface area (Å²) < 4.78 is 53.9. The molecule has 0 atom stereocenters. The highest BCUT2D eigenvalue weighted by Crippen LogP contribution is 2.27. The van der Waals surface area contributed by atoms with Gasteiger partial charge in [0.15, 0.2) is 11.4 Å². The first-order chi connectivity index (χ1) is 7.98. The standard InChI is InChI=1S/C9H5F4N3O/c10-7(9(11,12)13)4-17-6-2-1-3-16-8(6)14-5-15-16/h1-5H/b7-4-. The van der Waals surface area contributed by atoms with Crippen molar-refractivity contribution in [3.05, 3.63) is 36.7 Å². The first kappa shape index (κ1) is 11.4. The van der Waals surface area contributed by atoms with Crippen LogP contribution in [0, 0.1) is 0 Å². The molecule has 0 fully saturated rings. The van der Waals surface area contributed by atoms with Crippen LogP contribution in [0.3, 0.4) is 0 Å². The van der Waals surface area contributed by atoms with Crippen molar-refractivity contribution in [3.8, 4) is 5.75 Å². The van der Waals surface area contributed by atoms with Gasteiger partial charge in [-0.2, -0.15) is 22.7 Å². The van der Waals surface area contributed by atoms with Crippen molar-refractivity contribution in [2.75, 3.05) is 0 Å². The van der Waals surface area contributed by atoms with Crippen molar-refractivity contribution in [3.63, 3.8) is 0 Å². The molecule has 0 aromatic carbocycles. The molecule has 90 valence electrons. The van der Waals surface area contributed by atoms with Crippen LogP contribution in [0.5, 0.6) is 5.75 Å². The van der Waals surface area contributed by atoms with Gasteiger partial charge < -0.3 is 4.74 Å². The third kappa shape index (κ3) is 2.35. The van der Waals surface area contributed by atoms with E-state index >= 15 is 0 Å². The number of fused-ring (bicyclic) bond motifs is 1. The Morgan fingerprint density at radius 1 is 1.41 bits per heavy atom. The second kappa shape index (κ2) is 4.04. The lowest BCUT2D eigenvalue weighted by Gasteiger charge is -2.04. The van der Waals surface area contributed by atoms with Gasteiger partial charge in [0.1, 0.15) is 12.6 Å². The Morgan fingerprint density at radius 2 is 2.18 bits per heavy atom. The minimum Gasteiger partial charge on any atom is -0.458 e. The molecule has 4 nitrogen and oxygen atoms in total. The smallest absolute Gasteiger partial charge is 0.446 e. The van der Waals surface area contributed by atoms with Crippen molar-refractivity contribution >= 4 is 5.65 Å². The molecule has 2 aromatic rings. The van der Waals surface area contributed by atoms with Gasteiger partial charge in [0.25, 0.3) is 0 Å². The summed E-state index contributed by atoms with van der Waals surface area (Å²) in [6.45, 7) is 0. The Bertz CT molecular complexity index is 561. The molecular weight excluding hydrogens is 242 g/mol. The zero-order valence-electron chi connectivity index (χ0n) is 8.15. The first-order valence-corrected chi connectivity index (χ1v) is 4.36. The maximum Gasteiger partial charge on any atom is 0.446 e. The van der Waals surface area contributed by atoms with Gasteiger partial charge in [-0.15, -0.1) is 0 Å². The number of ether oxygens (including phenoxy) is 1. The molecule has 0 radical (unpaired) electrons. The average molecular weight is 247 g/mol. The van der Waals surface area contributed by atoms with E-state index in [1.807, 2.05) is 0 Å². The Morgan fingerprint density at radius 3 is 2.88 bits per heavy atom. The number of rotatable bonds is 2. The van der Waals surface area contributed by atoms with Crippen LogP contribution < -0.4 is 4.74 Å². The van der Waals surface area contributed by atoms with Crippen LogP contribution in [0.2, 0.25) is 0 Å². The van der Waals surface area contributed by atoms with Crippen molar-refractivity contribution < 1.29 is 22.3 Å². The molecule has 0 N–H and O–H groups in total. The van der Waals surface area contributed by atoms with E-state index in [4.69, 9.17) is 0 Å². The van der Waals surface area contributed by atoms with Crippen molar-refractivity contribution in [1.29, 1.82) is 0 Å². The van der Waals surface area contributed by atoms with E-state index in [9.17, 15) is 17.6 Å². The van der Waals surface area contributed by atoms with Crippen LogP contribution in [0.15, 0.2) is 36.7 Å². The molecule has 0 spiro atoms. The van der Waals surface area contributed by atoms with E-state index in [1.165, 1.54) is 29.2 Å². The second-order valence-electron chi connectivity index (χ2n) is 2.98. The molecule has 0 amide bonds. The quantitative estimate of drug-likeness (QED) is 0.604. The molecule has 2 heterocycles. The highest BCUT2D eigenvalue weighted by molar-refractivity contribution is 5.52. The highest BCUT2D eigenvalue weighted by atomic mass is 19.4. The lowest BCUT2D eigenvalue weighted by Crippen LogP contribution is -2.08. The Kier molecular flexibility index (Phi) is 2.70. The maximum absolute atomic E-state index is 12.5. The van der Waals surface area contributed by atoms with E-state index in [1.54, 1.807) is 0 Å². The van der Waals surface area contributed by atoms with Crippen molar-refractivity contribution in [2.45, 2.75) is 6.18 Å². The Balaban J connectivity index is 2.28. The maximum atomic E-state index is 12.5. The molecule has 17 heavy (non-hydrogen) atoms. The molecule has 0 aliphatic heterocycles. The van der Waals surface area contributed by atoms with Gasteiger partial charge in [-0.1, -0.05) is 0 Å². The predicted octanol–water partition coefficient (Wildman–Crippen LogP) is 2.48. The summed E-state index contributed by atoms with van der Waals surface area (Å²) >= 11 is 0. The van der Waals surface area contributed by atoms with Crippen molar-refractivity contribution in [1.82, 2.24) is 14.6 Å². The first-order valence-electron chi connectivity index (χ1n) is 4.36. The number of allylic oxidation sites excluding steroid dienone is 1. The Labute approximate surface area is 92.1 Å². The molecule has 0 aliphatic rings. The van der Waals surface area contributed by atoms with Gasteiger partial charge in [-0.25, -0.2) is 9.50 Å². The largest absolute Gasteiger partial charge is 0.458 e. The molecule has 0 unspecified atom stereocenters. The second-order valence-corrected chi connectivity index (χ2v) is 2.98. The van der Waals surface area contributed by atoms with E-state index < -0.39 is 12.0 Å². The number of alkyl halides is 3. The van der Waals surface area contributed by atoms with Crippen LogP contribution in [0.1, 0.15) is 0 Å². The summed E-state index contributed by atoms with van der Waals surface area (Å²) in [5.41, 5.74) is 0.193. The van der Waals surface area contributed by atoms with Crippen LogP contribution in [-0.2, 0) is 0 Å². The highest BCUT2D eigenvalue weighted by Gasteiger charge is 2.35. The molecule has 0 bridgehead atoms. The fourth-order valence-corrected chi connectivity index (χ4v) is 1.10. The van der Waals surface area contributed by atoms with Crippen LogP contribution in [0.25, 0.3) is 5.65 Å². The number of nitrogens with zero attached hydrogens (tertiary/aromatic N) is 3. The summed E-state index contributed by atoms with van der Waals surface area (Å²) in [4.78, 5) is 3.75.